The molecule has 0 bridgehead atoms. The summed E-state index contributed by atoms with van der Waals surface area (Å²) in [4.78, 5) is 11.8. The monoisotopic (exact) mass is 243 g/mol. The number of hydrogen-bond acceptors (Lipinski definition) is 3. The Morgan fingerprint density at radius 1 is 1.56 bits per heavy atom. The number of benzene rings is 1. The standard InChI is InChI=1S/C14H17N3O/c15-10-11-3-1-4-12(9-11)14(18)17-8-6-13-5-2-7-16-13/h1,3-4,9,13,16H,2,5-8H2,(H,17,18)/t13-/m0/s1. The predicted molar refractivity (Wildman–Crippen MR) is 69.1 cm³/mol. The van der Waals surface area contributed by atoms with Gasteiger partial charge in [0.15, 0.2) is 0 Å². The van der Waals surface area contributed by atoms with Gasteiger partial charge < -0.3 is 10.6 Å². The van der Waals surface area contributed by atoms with Crippen LogP contribution in [0.15, 0.2) is 24.3 Å². The molecule has 1 atom stereocenters. The second-order valence-corrected chi connectivity index (χ2v) is 4.53. The maximum absolute atomic E-state index is 11.8. The van der Waals surface area contributed by atoms with Crippen molar-refractivity contribution in [1.29, 1.82) is 5.26 Å². The van der Waals surface area contributed by atoms with Crippen LogP contribution in [-0.4, -0.2) is 25.0 Å². The number of nitrogens with one attached hydrogen (secondary N) is 2. The van der Waals surface area contributed by atoms with Gasteiger partial charge in [-0.2, -0.15) is 5.26 Å². The molecule has 1 aliphatic rings. The highest BCUT2D eigenvalue weighted by atomic mass is 16.1. The Morgan fingerprint density at radius 3 is 3.17 bits per heavy atom. The van der Waals surface area contributed by atoms with E-state index in [9.17, 15) is 4.79 Å². The van der Waals surface area contributed by atoms with E-state index in [1.54, 1.807) is 24.3 Å². The summed E-state index contributed by atoms with van der Waals surface area (Å²) in [5.41, 5.74) is 1.06. The summed E-state index contributed by atoms with van der Waals surface area (Å²) in [6.07, 6.45) is 3.38. The minimum Gasteiger partial charge on any atom is -0.352 e. The fourth-order valence-corrected chi connectivity index (χ4v) is 2.20. The molecule has 0 spiro atoms. The molecule has 1 fully saturated rings. The zero-order valence-corrected chi connectivity index (χ0v) is 10.3. The minimum atomic E-state index is -0.106. The van der Waals surface area contributed by atoms with Gasteiger partial charge in [0.1, 0.15) is 0 Å². The van der Waals surface area contributed by atoms with Gasteiger partial charge >= 0.3 is 0 Å². The molecule has 1 aromatic carbocycles. The predicted octanol–water partition coefficient (Wildman–Crippen LogP) is 1.43. The highest BCUT2D eigenvalue weighted by molar-refractivity contribution is 5.94. The van der Waals surface area contributed by atoms with Gasteiger partial charge in [-0.25, -0.2) is 0 Å². The van der Waals surface area contributed by atoms with E-state index in [2.05, 4.69) is 10.6 Å². The van der Waals surface area contributed by atoms with Crippen molar-refractivity contribution >= 4 is 5.91 Å². The number of nitrogens with zero attached hydrogens (tertiary/aromatic N) is 1. The normalized spacial score (nSPS) is 18.3. The van der Waals surface area contributed by atoms with Crippen LogP contribution < -0.4 is 10.6 Å². The molecule has 0 unspecified atom stereocenters. The molecule has 2 N–H and O–H groups in total. The minimum absolute atomic E-state index is 0.106. The highest BCUT2D eigenvalue weighted by Crippen LogP contribution is 2.08. The fraction of sp³-hybridized carbons (Fsp3) is 0.429. The first-order valence-corrected chi connectivity index (χ1v) is 6.31. The summed E-state index contributed by atoms with van der Waals surface area (Å²) in [5.74, 6) is -0.106. The number of carbonyl (C=O) groups excluding carboxylic acids is 1. The summed E-state index contributed by atoms with van der Waals surface area (Å²) in [7, 11) is 0. The second-order valence-electron chi connectivity index (χ2n) is 4.53. The van der Waals surface area contributed by atoms with Crippen molar-refractivity contribution in [3.8, 4) is 6.07 Å². The van der Waals surface area contributed by atoms with E-state index in [-0.39, 0.29) is 5.91 Å². The SMILES string of the molecule is N#Cc1cccc(C(=O)NCC[C@@H]2CCCN2)c1. The average Bonchev–Trinajstić information content (AvgIpc) is 2.92. The van der Waals surface area contributed by atoms with Crippen LogP contribution in [0.5, 0.6) is 0 Å². The Hall–Kier alpha value is -1.86. The molecular weight excluding hydrogens is 226 g/mol. The molecule has 4 heteroatoms. The Labute approximate surface area is 107 Å². The third kappa shape index (κ3) is 3.31. The third-order valence-corrected chi connectivity index (χ3v) is 3.19. The molecule has 1 amide bonds. The summed E-state index contributed by atoms with van der Waals surface area (Å²) in [6.45, 7) is 1.76. The van der Waals surface area contributed by atoms with Crippen LogP contribution in [0.2, 0.25) is 0 Å². The number of hydrogen-bond donors (Lipinski definition) is 2. The molecule has 4 nitrogen and oxygen atoms in total. The number of rotatable bonds is 4. The zero-order valence-electron chi connectivity index (χ0n) is 10.3. The largest absolute Gasteiger partial charge is 0.352 e. The van der Waals surface area contributed by atoms with E-state index < -0.39 is 0 Å². The first kappa shape index (κ1) is 12.6. The first-order valence-electron chi connectivity index (χ1n) is 6.31. The van der Waals surface area contributed by atoms with Crippen molar-refractivity contribution in [2.75, 3.05) is 13.1 Å². The lowest BCUT2D eigenvalue weighted by Crippen LogP contribution is -2.30. The summed E-state index contributed by atoms with van der Waals surface area (Å²) in [5, 5.41) is 15.1. The van der Waals surface area contributed by atoms with Gasteiger partial charge in [0.05, 0.1) is 11.6 Å². The Balaban J connectivity index is 1.81. The van der Waals surface area contributed by atoms with E-state index in [0.717, 1.165) is 13.0 Å². The molecule has 0 aliphatic carbocycles. The zero-order chi connectivity index (χ0) is 12.8. The lowest BCUT2D eigenvalue weighted by molar-refractivity contribution is 0.0952. The average molecular weight is 243 g/mol. The Bertz CT molecular complexity index is 458. The lowest BCUT2D eigenvalue weighted by Gasteiger charge is -2.10. The molecule has 0 saturated carbocycles. The van der Waals surface area contributed by atoms with Crippen LogP contribution >= 0.6 is 0 Å². The van der Waals surface area contributed by atoms with Crippen molar-refractivity contribution in [2.45, 2.75) is 25.3 Å². The Kier molecular flexibility index (Phi) is 4.32. The molecule has 1 aromatic rings. The van der Waals surface area contributed by atoms with Crippen molar-refractivity contribution in [2.24, 2.45) is 0 Å². The summed E-state index contributed by atoms with van der Waals surface area (Å²) >= 11 is 0. The maximum Gasteiger partial charge on any atom is 0.251 e. The quantitative estimate of drug-likeness (QED) is 0.840. The topological polar surface area (TPSA) is 64.9 Å². The van der Waals surface area contributed by atoms with Crippen molar-refractivity contribution < 1.29 is 4.79 Å². The van der Waals surface area contributed by atoms with Gasteiger partial charge in [-0.3, -0.25) is 4.79 Å². The van der Waals surface area contributed by atoms with Gasteiger partial charge in [0.2, 0.25) is 0 Å². The third-order valence-electron chi connectivity index (χ3n) is 3.19. The highest BCUT2D eigenvalue weighted by Gasteiger charge is 2.14. The van der Waals surface area contributed by atoms with E-state index in [4.69, 9.17) is 5.26 Å². The second kappa shape index (κ2) is 6.18. The summed E-state index contributed by atoms with van der Waals surface area (Å²) < 4.78 is 0. The van der Waals surface area contributed by atoms with E-state index in [1.165, 1.54) is 12.8 Å². The number of amides is 1. The fourth-order valence-electron chi connectivity index (χ4n) is 2.20. The molecule has 18 heavy (non-hydrogen) atoms. The molecule has 1 heterocycles. The number of carbonyl (C=O) groups is 1. The molecule has 2 rings (SSSR count). The number of nitriles is 1. The molecule has 0 aromatic heterocycles. The van der Waals surface area contributed by atoms with Crippen molar-refractivity contribution in [1.82, 2.24) is 10.6 Å². The van der Waals surface area contributed by atoms with Gasteiger partial charge in [0, 0.05) is 18.2 Å². The van der Waals surface area contributed by atoms with E-state index >= 15 is 0 Å². The first-order chi connectivity index (χ1) is 8.79. The van der Waals surface area contributed by atoms with E-state index in [0.29, 0.717) is 23.7 Å². The van der Waals surface area contributed by atoms with E-state index in [1.807, 2.05) is 6.07 Å². The van der Waals surface area contributed by atoms with Gasteiger partial charge in [-0.1, -0.05) is 6.07 Å². The van der Waals surface area contributed by atoms with Crippen molar-refractivity contribution in [3.63, 3.8) is 0 Å². The van der Waals surface area contributed by atoms with Crippen LogP contribution in [0.25, 0.3) is 0 Å². The van der Waals surface area contributed by atoms with Gasteiger partial charge in [-0.15, -0.1) is 0 Å². The summed E-state index contributed by atoms with van der Waals surface area (Å²) in [6, 6.07) is 9.33. The van der Waals surface area contributed by atoms with Crippen LogP contribution in [0.4, 0.5) is 0 Å². The Morgan fingerprint density at radius 2 is 2.44 bits per heavy atom. The lowest BCUT2D eigenvalue weighted by atomic mass is 10.1. The smallest absolute Gasteiger partial charge is 0.251 e. The van der Waals surface area contributed by atoms with Crippen LogP contribution in [-0.2, 0) is 0 Å². The van der Waals surface area contributed by atoms with Gasteiger partial charge in [0.25, 0.3) is 5.91 Å². The molecule has 0 radical (unpaired) electrons. The molecule has 1 saturated heterocycles. The van der Waals surface area contributed by atoms with Crippen LogP contribution in [0.1, 0.15) is 35.2 Å². The van der Waals surface area contributed by atoms with Crippen LogP contribution in [0, 0.1) is 11.3 Å². The van der Waals surface area contributed by atoms with Gasteiger partial charge in [-0.05, 0) is 44.0 Å². The molecule has 94 valence electrons. The maximum atomic E-state index is 11.8. The van der Waals surface area contributed by atoms with Crippen LogP contribution in [0.3, 0.4) is 0 Å². The molecular formula is C14H17N3O. The molecule has 1 aliphatic heterocycles. The van der Waals surface area contributed by atoms with Crippen molar-refractivity contribution in [3.05, 3.63) is 35.4 Å².